The molecule has 0 aromatic carbocycles. The molecular formula is C6H6F9N3. The third kappa shape index (κ3) is 1.09. The highest BCUT2D eigenvalue weighted by molar-refractivity contribution is 5.27. The maximum absolute atomic E-state index is 13.1. The summed E-state index contributed by atoms with van der Waals surface area (Å²) in [6.45, 7) is 0. The van der Waals surface area contributed by atoms with Crippen molar-refractivity contribution in [1.29, 1.82) is 0 Å². The Balaban J connectivity index is 3.72. The highest BCUT2D eigenvalue weighted by Crippen LogP contribution is 2.63. The Kier molecular flexibility index (Phi) is 2.59. The summed E-state index contributed by atoms with van der Waals surface area (Å²) in [7, 11) is 0. The highest BCUT2D eigenvalue weighted by atomic mass is 19.3. The van der Waals surface area contributed by atoms with Crippen molar-refractivity contribution in [2.24, 2.45) is 17.2 Å². The van der Waals surface area contributed by atoms with Crippen molar-refractivity contribution in [1.82, 2.24) is 0 Å². The molecule has 0 amide bonds. The Labute approximate surface area is 93.1 Å². The molecule has 1 rings (SSSR count). The molecular weight excluding hydrogens is 285 g/mol. The molecule has 0 aliphatic heterocycles. The van der Waals surface area contributed by atoms with Gasteiger partial charge in [0.2, 0.25) is 0 Å². The van der Waals surface area contributed by atoms with Gasteiger partial charge in [-0.1, -0.05) is 0 Å². The third-order valence-corrected chi connectivity index (χ3v) is 2.74. The van der Waals surface area contributed by atoms with Crippen LogP contribution in [0.2, 0.25) is 0 Å². The van der Waals surface area contributed by atoms with Gasteiger partial charge in [-0.2, -0.15) is 26.3 Å². The zero-order valence-electron chi connectivity index (χ0n) is 8.13. The van der Waals surface area contributed by atoms with E-state index in [9.17, 15) is 39.5 Å². The molecule has 0 atom stereocenters. The number of hydrogen-bond donors (Lipinski definition) is 3. The maximum Gasteiger partial charge on any atom is 0.353 e. The summed E-state index contributed by atoms with van der Waals surface area (Å²) in [4.78, 5) is 0. The van der Waals surface area contributed by atoms with E-state index in [1.54, 1.807) is 0 Å². The SMILES string of the molecule is NC1(F)C(F)(F)C(N)(F)C(F)(F)C(N)(F)C1(F)F. The van der Waals surface area contributed by atoms with Crippen LogP contribution in [0.1, 0.15) is 0 Å². The Morgan fingerprint density at radius 2 is 0.500 bits per heavy atom. The van der Waals surface area contributed by atoms with Crippen LogP contribution >= 0.6 is 0 Å². The number of nitrogens with two attached hydrogens (primary N) is 3. The first-order valence-electron chi connectivity index (χ1n) is 4.07. The first-order valence-corrected chi connectivity index (χ1v) is 4.07. The smallest absolute Gasteiger partial charge is 0.288 e. The topological polar surface area (TPSA) is 78.1 Å². The monoisotopic (exact) mass is 291 g/mol. The Morgan fingerprint density at radius 1 is 0.389 bits per heavy atom. The van der Waals surface area contributed by atoms with Crippen molar-refractivity contribution < 1.29 is 39.5 Å². The lowest BCUT2D eigenvalue weighted by Crippen LogP contribution is -2.92. The summed E-state index contributed by atoms with van der Waals surface area (Å²) in [6, 6.07) is 0. The summed E-state index contributed by atoms with van der Waals surface area (Å²) < 4.78 is 117. The predicted molar refractivity (Wildman–Crippen MR) is 38.9 cm³/mol. The molecule has 0 bridgehead atoms. The average molecular weight is 291 g/mol. The van der Waals surface area contributed by atoms with Crippen molar-refractivity contribution >= 4 is 0 Å². The van der Waals surface area contributed by atoms with Crippen LogP contribution in [-0.4, -0.2) is 35.1 Å². The van der Waals surface area contributed by atoms with Gasteiger partial charge < -0.3 is 0 Å². The highest BCUT2D eigenvalue weighted by Gasteiger charge is 2.96. The van der Waals surface area contributed by atoms with Gasteiger partial charge in [-0.05, 0) is 0 Å². The van der Waals surface area contributed by atoms with Crippen molar-refractivity contribution in [2.75, 3.05) is 0 Å². The number of rotatable bonds is 0. The van der Waals surface area contributed by atoms with E-state index in [1.165, 1.54) is 0 Å². The predicted octanol–water partition coefficient (Wildman–Crippen LogP) is 0.779. The number of hydrogen-bond acceptors (Lipinski definition) is 3. The third-order valence-electron chi connectivity index (χ3n) is 2.74. The summed E-state index contributed by atoms with van der Waals surface area (Å²) in [5.41, 5.74) is 11.3. The van der Waals surface area contributed by atoms with Gasteiger partial charge in [0.05, 0.1) is 0 Å². The lowest BCUT2D eigenvalue weighted by Gasteiger charge is -2.54. The molecule has 12 heteroatoms. The quantitative estimate of drug-likeness (QED) is 0.456. The normalized spacial score (nSPS) is 50.0. The van der Waals surface area contributed by atoms with Gasteiger partial charge in [-0.15, -0.1) is 0 Å². The molecule has 18 heavy (non-hydrogen) atoms. The Morgan fingerprint density at radius 3 is 0.611 bits per heavy atom. The van der Waals surface area contributed by atoms with Crippen LogP contribution in [0.3, 0.4) is 0 Å². The molecule has 6 N–H and O–H groups in total. The molecule has 108 valence electrons. The van der Waals surface area contributed by atoms with Crippen molar-refractivity contribution in [2.45, 2.75) is 35.1 Å². The molecule has 0 saturated heterocycles. The van der Waals surface area contributed by atoms with Crippen LogP contribution in [0.4, 0.5) is 39.5 Å². The average Bonchev–Trinajstić information content (AvgIpc) is 2.14. The molecule has 0 unspecified atom stereocenters. The van der Waals surface area contributed by atoms with Crippen molar-refractivity contribution in [3.8, 4) is 0 Å². The number of alkyl halides is 9. The largest absolute Gasteiger partial charge is 0.353 e. The Hall–Kier alpha value is -0.750. The molecule has 1 fully saturated rings. The lowest BCUT2D eigenvalue weighted by molar-refractivity contribution is -0.431. The van der Waals surface area contributed by atoms with E-state index >= 15 is 0 Å². The molecule has 0 aromatic rings. The van der Waals surface area contributed by atoms with E-state index in [1.807, 2.05) is 0 Å². The molecule has 0 spiro atoms. The fraction of sp³-hybridized carbons (Fsp3) is 1.00. The number of halogens is 9. The van der Waals surface area contributed by atoms with E-state index in [0.717, 1.165) is 0 Å². The van der Waals surface area contributed by atoms with Crippen molar-refractivity contribution in [3.63, 3.8) is 0 Å². The molecule has 3 nitrogen and oxygen atoms in total. The first-order chi connectivity index (χ1) is 7.50. The molecule has 0 heterocycles. The van der Waals surface area contributed by atoms with Gasteiger partial charge in [0.1, 0.15) is 0 Å². The van der Waals surface area contributed by atoms with Crippen LogP contribution in [0.25, 0.3) is 0 Å². The standard InChI is InChI=1S/C6H6F9N3/c7-1(8)4(13,16)2(9,10)6(15,18)3(11,12)5(1,14)17/h16-18H2. The van der Waals surface area contributed by atoms with E-state index in [-0.39, 0.29) is 0 Å². The van der Waals surface area contributed by atoms with E-state index in [2.05, 4.69) is 17.2 Å². The zero-order chi connectivity index (χ0) is 15.0. The van der Waals surface area contributed by atoms with Crippen molar-refractivity contribution in [3.05, 3.63) is 0 Å². The molecule has 0 aromatic heterocycles. The van der Waals surface area contributed by atoms with Gasteiger partial charge in [-0.25, -0.2) is 13.2 Å². The molecule has 0 radical (unpaired) electrons. The van der Waals surface area contributed by atoms with Crippen LogP contribution in [0.15, 0.2) is 0 Å². The summed E-state index contributed by atoms with van der Waals surface area (Å²) in [6.07, 6.45) is 0. The maximum atomic E-state index is 13.1. The van der Waals surface area contributed by atoms with Gasteiger partial charge in [0.15, 0.2) is 0 Å². The van der Waals surface area contributed by atoms with Crippen LogP contribution in [0, 0.1) is 0 Å². The molecule has 1 saturated carbocycles. The fourth-order valence-corrected chi connectivity index (χ4v) is 1.39. The summed E-state index contributed by atoms with van der Waals surface area (Å²) in [5, 5.41) is 0. The second-order valence-corrected chi connectivity index (χ2v) is 3.86. The van der Waals surface area contributed by atoms with Crippen LogP contribution in [-0.2, 0) is 0 Å². The van der Waals surface area contributed by atoms with Gasteiger partial charge in [-0.3, -0.25) is 17.2 Å². The minimum atomic E-state index is -6.30. The van der Waals surface area contributed by atoms with Crippen LogP contribution in [0.5, 0.6) is 0 Å². The fourth-order valence-electron chi connectivity index (χ4n) is 1.39. The second kappa shape index (κ2) is 3.04. The minimum absolute atomic E-state index is 3.77. The van der Waals surface area contributed by atoms with E-state index < -0.39 is 35.1 Å². The van der Waals surface area contributed by atoms with Gasteiger partial charge in [0, 0.05) is 0 Å². The Bertz CT molecular complexity index is 257. The second-order valence-electron chi connectivity index (χ2n) is 3.86. The van der Waals surface area contributed by atoms with E-state index in [4.69, 9.17) is 0 Å². The van der Waals surface area contributed by atoms with Gasteiger partial charge in [0.25, 0.3) is 17.4 Å². The lowest BCUT2D eigenvalue weighted by atomic mass is 9.73. The summed E-state index contributed by atoms with van der Waals surface area (Å²) in [5.74, 6) is -36.5. The van der Waals surface area contributed by atoms with E-state index in [0.29, 0.717) is 0 Å². The van der Waals surface area contributed by atoms with Crippen LogP contribution < -0.4 is 17.2 Å². The first kappa shape index (κ1) is 15.3. The molecule has 1 aliphatic carbocycles. The van der Waals surface area contributed by atoms with Gasteiger partial charge >= 0.3 is 17.8 Å². The minimum Gasteiger partial charge on any atom is -0.288 e. The summed E-state index contributed by atoms with van der Waals surface area (Å²) >= 11 is 0. The molecule has 1 aliphatic rings. The zero-order valence-corrected chi connectivity index (χ0v) is 8.13.